The van der Waals surface area contributed by atoms with Crippen LogP contribution >= 0.6 is 0 Å². The lowest BCUT2D eigenvalue weighted by Gasteiger charge is -2.18. The Bertz CT molecular complexity index is 412. The first-order chi connectivity index (χ1) is 9.19. The van der Waals surface area contributed by atoms with Crippen LogP contribution in [0.15, 0.2) is 24.3 Å². The van der Waals surface area contributed by atoms with E-state index in [4.69, 9.17) is 0 Å². The predicted molar refractivity (Wildman–Crippen MR) is 70.4 cm³/mol. The van der Waals surface area contributed by atoms with Crippen LogP contribution in [0.2, 0.25) is 0 Å². The fraction of sp³-hybridized carbons (Fsp3) is 0.467. The smallest absolute Gasteiger partial charge is 0.308 e. The van der Waals surface area contributed by atoms with E-state index in [0.717, 1.165) is 12.8 Å². The maximum atomic E-state index is 12.4. The summed E-state index contributed by atoms with van der Waals surface area (Å²) in [6.07, 6.45) is 6.24. The lowest BCUT2D eigenvalue weighted by Crippen LogP contribution is -2.18. The summed E-state index contributed by atoms with van der Waals surface area (Å²) in [5.41, 5.74) is 0.109. The highest BCUT2D eigenvalue weighted by atomic mass is 19.1. The Kier molecular flexibility index (Phi) is 6.79. The molecule has 0 bridgehead atoms. The quantitative estimate of drug-likeness (QED) is 0.609. The van der Waals surface area contributed by atoms with Gasteiger partial charge in [0, 0.05) is 0 Å². The summed E-state index contributed by atoms with van der Waals surface area (Å²) in [5.74, 6) is -0.272. The van der Waals surface area contributed by atoms with Crippen molar-refractivity contribution in [3.8, 4) is 0 Å². The molecule has 0 saturated heterocycles. The highest BCUT2D eigenvalue weighted by molar-refractivity contribution is 5.74. The zero-order valence-corrected chi connectivity index (χ0v) is 11.1. The van der Waals surface area contributed by atoms with Crippen LogP contribution in [-0.2, 0) is 9.53 Å². The second kappa shape index (κ2) is 8.40. The molecule has 0 atom stereocenters. The molecule has 1 aromatic carbocycles. The van der Waals surface area contributed by atoms with Gasteiger partial charge in [-0.2, -0.15) is 0 Å². The van der Waals surface area contributed by atoms with Crippen LogP contribution in [0.1, 0.15) is 42.5 Å². The van der Waals surface area contributed by atoms with Crippen LogP contribution in [0.25, 0.3) is 0 Å². The summed E-state index contributed by atoms with van der Waals surface area (Å²) < 4.78 is 17.0. The van der Waals surface area contributed by atoms with Crippen molar-refractivity contribution in [3.05, 3.63) is 35.6 Å². The molecule has 0 spiro atoms. The van der Waals surface area contributed by atoms with E-state index >= 15 is 0 Å². The number of aldehydes is 1. The monoisotopic (exact) mass is 266 g/mol. The molecule has 2 rings (SSSR count). The Hall–Kier alpha value is -1.71. The first kappa shape index (κ1) is 15.3. The van der Waals surface area contributed by atoms with Gasteiger partial charge >= 0.3 is 5.97 Å². The molecule has 1 fully saturated rings. The van der Waals surface area contributed by atoms with Crippen molar-refractivity contribution in [2.24, 2.45) is 5.92 Å². The average Bonchev–Trinajstić information content (AvgIpc) is 2.48. The summed E-state index contributed by atoms with van der Waals surface area (Å²) in [4.78, 5) is 20.9. The molecule has 0 N–H and O–H groups in total. The van der Waals surface area contributed by atoms with Crippen LogP contribution in [0.5, 0.6) is 0 Å². The third kappa shape index (κ3) is 5.20. The van der Waals surface area contributed by atoms with E-state index in [1.54, 1.807) is 12.1 Å². The molecule has 0 aromatic heterocycles. The van der Waals surface area contributed by atoms with E-state index in [1.807, 2.05) is 0 Å². The van der Waals surface area contributed by atoms with Gasteiger partial charge in [0.15, 0.2) is 6.29 Å². The van der Waals surface area contributed by atoms with Gasteiger partial charge < -0.3 is 4.74 Å². The predicted octanol–water partition coefficient (Wildman–Crippen LogP) is 3.38. The zero-order chi connectivity index (χ0) is 14.1. The standard InChI is InChI=1S/C8H14O2.C7H5FO/c1-10-8(9)7-5-3-2-4-6-7;8-7-4-2-1-3-6(7)5-9/h7H,2-6H2,1H3;1-5H. The molecule has 19 heavy (non-hydrogen) atoms. The molecule has 0 aliphatic heterocycles. The Morgan fingerprint density at radius 2 is 1.89 bits per heavy atom. The van der Waals surface area contributed by atoms with Crippen molar-refractivity contribution in [3.63, 3.8) is 0 Å². The number of benzene rings is 1. The van der Waals surface area contributed by atoms with Gasteiger partial charge in [0.05, 0.1) is 18.6 Å². The summed E-state index contributed by atoms with van der Waals surface area (Å²) in [7, 11) is 1.47. The first-order valence-electron chi connectivity index (χ1n) is 6.46. The summed E-state index contributed by atoms with van der Waals surface area (Å²) in [6, 6.07) is 5.85. The Morgan fingerprint density at radius 1 is 1.26 bits per heavy atom. The van der Waals surface area contributed by atoms with Crippen LogP contribution in [-0.4, -0.2) is 19.4 Å². The molecule has 1 aliphatic carbocycles. The van der Waals surface area contributed by atoms with E-state index in [0.29, 0.717) is 6.29 Å². The van der Waals surface area contributed by atoms with Gasteiger partial charge in [0.1, 0.15) is 5.82 Å². The lowest BCUT2D eigenvalue weighted by molar-refractivity contribution is -0.146. The van der Waals surface area contributed by atoms with E-state index < -0.39 is 5.82 Å². The van der Waals surface area contributed by atoms with Crippen molar-refractivity contribution in [1.82, 2.24) is 0 Å². The Morgan fingerprint density at radius 3 is 2.37 bits per heavy atom. The number of halogens is 1. The fourth-order valence-corrected chi connectivity index (χ4v) is 2.08. The lowest BCUT2D eigenvalue weighted by atomic mass is 9.89. The molecule has 0 unspecified atom stereocenters. The van der Waals surface area contributed by atoms with Gasteiger partial charge in [-0.3, -0.25) is 9.59 Å². The maximum Gasteiger partial charge on any atom is 0.308 e. The van der Waals surface area contributed by atoms with Crippen LogP contribution in [0.4, 0.5) is 4.39 Å². The SMILES string of the molecule is COC(=O)C1CCCCC1.O=Cc1ccccc1F. The van der Waals surface area contributed by atoms with Crippen LogP contribution in [0.3, 0.4) is 0 Å². The van der Waals surface area contributed by atoms with Crippen molar-refractivity contribution >= 4 is 12.3 Å². The number of rotatable bonds is 2. The molecule has 4 heteroatoms. The first-order valence-corrected chi connectivity index (χ1v) is 6.46. The number of methoxy groups -OCH3 is 1. The minimum atomic E-state index is -0.465. The maximum absolute atomic E-state index is 12.4. The average molecular weight is 266 g/mol. The fourth-order valence-electron chi connectivity index (χ4n) is 2.08. The number of hydrogen-bond acceptors (Lipinski definition) is 3. The van der Waals surface area contributed by atoms with E-state index in [2.05, 4.69) is 4.74 Å². The third-order valence-corrected chi connectivity index (χ3v) is 3.17. The number of hydrogen-bond donors (Lipinski definition) is 0. The molecule has 1 aromatic rings. The second-order valence-electron chi connectivity index (χ2n) is 4.50. The number of carbonyl (C=O) groups is 2. The van der Waals surface area contributed by atoms with E-state index in [1.165, 1.54) is 38.5 Å². The normalized spacial score (nSPS) is 15.1. The Labute approximate surface area is 112 Å². The molecule has 1 aliphatic rings. The molecular weight excluding hydrogens is 247 g/mol. The summed E-state index contributed by atoms with van der Waals surface area (Å²) >= 11 is 0. The minimum absolute atomic E-state index is 0.0142. The molecule has 104 valence electrons. The molecular formula is C15H19FO3. The number of ether oxygens (including phenoxy) is 1. The van der Waals surface area contributed by atoms with Crippen LogP contribution < -0.4 is 0 Å². The molecule has 0 heterocycles. The van der Waals surface area contributed by atoms with Gasteiger partial charge in [0.25, 0.3) is 0 Å². The largest absolute Gasteiger partial charge is 0.469 e. The van der Waals surface area contributed by atoms with Gasteiger partial charge in [-0.1, -0.05) is 31.4 Å². The zero-order valence-electron chi connectivity index (χ0n) is 11.1. The van der Waals surface area contributed by atoms with Crippen molar-refractivity contribution < 1.29 is 18.7 Å². The van der Waals surface area contributed by atoms with Crippen molar-refractivity contribution in [2.45, 2.75) is 32.1 Å². The summed E-state index contributed by atoms with van der Waals surface area (Å²) in [5, 5.41) is 0. The van der Waals surface area contributed by atoms with Gasteiger partial charge in [-0.05, 0) is 25.0 Å². The Balaban J connectivity index is 0.000000191. The second-order valence-corrected chi connectivity index (χ2v) is 4.50. The van der Waals surface area contributed by atoms with Crippen molar-refractivity contribution in [1.29, 1.82) is 0 Å². The molecule has 3 nitrogen and oxygen atoms in total. The van der Waals surface area contributed by atoms with E-state index in [-0.39, 0.29) is 17.5 Å². The van der Waals surface area contributed by atoms with Gasteiger partial charge in [0.2, 0.25) is 0 Å². The van der Waals surface area contributed by atoms with Gasteiger partial charge in [-0.15, -0.1) is 0 Å². The molecule has 0 radical (unpaired) electrons. The summed E-state index contributed by atoms with van der Waals surface area (Å²) in [6.45, 7) is 0. The molecule has 1 saturated carbocycles. The van der Waals surface area contributed by atoms with E-state index in [9.17, 15) is 14.0 Å². The highest BCUT2D eigenvalue weighted by Gasteiger charge is 2.20. The van der Waals surface area contributed by atoms with Gasteiger partial charge in [-0.25, -0.2) is 4.39 Å². The highest BCUT2D eigenvalue weighted by Crippen LogP contribution is 2.24. The third-order valence-electron chi connectivity index (χ3n) is 3.17. The topological polar surface area (TPSA) is 43.4 Å². The molecule has 0 amide bonds. The number of esters is 1. The van der Waals surface area contributed by atoms with Crippen LogP contribution in [0, 0.1) is 11.7 Å². The number of carbonyl (C=O) groups excluding carboxylic acids is 2. The van der Waals surface area contributed by atoms with Crippen molar-refractivity contribution in [2.75, 3.05) is 7.11 Å². The minimum Gasteiger partial charge on any atom is -0.469 e.